The minimum atomic E-state index is -4.02. The second-order valence-corrected chi connectivity index (χ2v) is 10.4. The Hall–Kier alpha value is -3.47. The molecular formula is C25H24ClFN4O4S. The van der Waals surface area contributed by atoms with Crippen LogP contribution in [0, 0.1) is 12.7 Å². The standard InChI is InChI=1S/C25H24ClFN4O4S/c1-15-13-17(26)9-11-20(15)30-25(33)31-12-4-6-22(31)24(32)29-21-10-8-16(14-19(21)27)18-5-2-3-7-23(18)36(28,34)35/h2-3,5,7-11,13-14,22H,4,6,12H2,1H3,(H,29,32)(H,30,33)(H2,28,34,35). The Morgan fingerprint density at radius 1 is 1.06 bits per heavy atom. The van der Waals surface area contributed by atoms with Crippen molar-refractivity contribution in [2.45, 2.75) is 30.7 Å². The summed E-state index contributed by atoms with van der Waals surface area (Å²) in [5, 5.41) is 11.2. The molecule has 1 heterocycles. The molecule has 1 aliphatic rings. The van der Waals surface area contributed by atoms with Crippen LogP contribution in [0.15, 0.2) is 65.6 Å². The summed E-state index contributed by atoms with van der Waals surface area (Å²) in [6, 6.07) is 13.8. The van der Waals surface area contributed by atoms with Crippen molar-refractivity contribution in [2.24, 2.45) is 5.14 Å². The van der Waals surface area contributed by atoms with Gasteiger partial charge in [0.05, 0.1) is 10.6 Å². The van der Waals surface area contributed by atoms with E-state index in [1.165, 1.54) is 35.2 Å². The van der Waals surface area contributed by atoms with Crippen LogP contribution in [0.3, 0.4) is 0 Å². The van der Waals surface area contributed by atoms with Gasteiger partial charge in [-0.25, -0.2) is 22.7 Å². The summed E-state index contributed by atoms with van der Waals surface area (Å²) in [6.45, 7) is 2.19. The van der Waals surface area contributed by atoms with Crippen LogP contribution in [0.5, 0.6) is 0 Å². The van der Waals surface area contributed by atoms with Crippen molar-refractivity contribution in [3.05, 3.63) is 77.1 Å². The molecule has 11 heteroatoms. The van der Waals surface area contributed by atoms with E-state index in [9.17, 15) is 22.4 Å². The lowest BCUT2D eigenvalue weighted by atomic mass is 10.0. The molecule has 0 aliphatic carbocycles. The minimum absolute atomic E-state index is 0.0855. The Kier molecular flexibility index (Phi) is 7.30. The summed E-state index contributed by atoms with van der Waals surface area (Å²) in [6.07, 6.45) is 1.05. The van der Waals surface area contributed by atoms with Gasteiger partial charge in [-0.2, -0.15) is 0 Å². The highest BCUT2D eigenvalue weighted by Crippen LogP contribution is 2.30. The predicted octanol–water partition coefficient (Wildman–Crippen LogP) is 4.74. The number of urea groups is 1. The number of hydrogen-bond donors (Lipinski definition) is 3. The van der Waals surface area contributed by atoms with Gasteiger partial charge in [0.2, 0.25) is 15.9 Å². The molecule has 1 aliphatic heterocycles. The van der Waals surface area contributed by atoms with Crippen molar-refractivity contribution >= 4 is 44.9 Å². The molecule has 188 valence electrons. The molecule has 0 saturated carbocycles. The van der Waals surface area contributed by atoms with Gasteiger partial charge in [0.15, 0.2) is 0 Å². The van der Waals surface area contributed by atoms with Crippen LogP contribution in [0.4, 0.5) is 20.6 Å². The molecule has 3 aromatic rings. The molecule has 8 nitrogen and oxygen atoms in total. The molecule has 1 unspecified atom stereocenters. The van der Waals surface area contributed by atoms with Gasteiger partial charge in [-0.3, -0.25) is 4.79 Å². The number of nitrogens with zero attached hydrogens (tertiary/aromatic N) is 1. The smallest absolute Gasteiger partial charge is 0.322 e. The first kappa shape index (κ1) is 25.6. The second-order valence-electron chi connectivity index (χ2n) is 8.47. The van der Waals surface area contributed by atoms with Crippen LogP contribution in [0.1, 0.15) is 18.4 Å². The maximum Gasteiger partial charge on any atom is 0.322 e. The summed E-state index contributed by atoms with van der Waals surface area (Å²) in [5.41, 5.74) is 1.81. The molecule has 0 bridgehead atoms. The molecule has 3 amide bonds. The highest BCUT2D eigenvalue weighted by Gasteiger charge is 2.34. The van der Waals surface area contributed by atoms with E-state index in [0.29, 0.717) is 30.1 Å². The first-order chi connectivity index (χ1) is 17.0. The number of carbonyl (C=O) groups excluding carboxylic acids is 2. The van der Waals surface area contributed by atoms with E-state index in [1.54, 1.807) is 24.3 Å². The van der Waals surface area contributed by atoms with Crippen LogP contribution in [0.2, 0.25) is 5.02 Å². The number of halogens is 2. The second kappa shape index (κ2) is 10.3. The lowest BCUT2D eigenvalue weighted by Gasteiger charge is -2.25. The fourth-order valence-electron chi connectivity index (χ4n) is 4.19. The van der Waals surface area contributed by atoms with Crippen molar-refractivity contribution in [1.82, 2.24) is 4.90 Å². The van der Waals surface area contributed by atoms with E-state index >= 15 is 0 Å². The molecule has 4 rings (SSSR count). The normalized spacial score (nSPS) is 15.6. The van der Waals surface area contributed by atoms with E-state index in [0.717, 1.165) is 11.6 Å². The molecule has 1 saturated heterocycles. The van der Waals surface area contributed by atoms with Crippen molar-refractivity contribution in [3.8, 4) is 11.1 Å². The molecular weight excluding hydrogens is 507 g/mol. The van der Waals surface area contributed by atoms with E-state index < -0.39 is 33.8 Å². The molecule has 0 aromatic heterocycles. The third kappa shape index (κ3) is 5.51. The zero-order chi connectivity index (χ0) is 26.0. The summed E-state index contributed by atoms with van der Waals surface area (Å²) < 4.78 is 38.7. The van der Waals surface area contributed by atoms with Crippen LogP contribution >= 0.6 is 11.6 Å². The lowest BCUT2D eigenvalue weighted by Crippen LogP contribution is -2.45. The number of primary sulfonamides is 1. The molecule has 1 fully saturated rings. The van der Waals surface area contributed by atoms with Gasteiger partial charge in [-0.15, -0.1) is 0 Å². The van der Waals surface area contributed by atoms with Gasteiger partial charge in [0.1, 0.15) is 11.9 Å². The summed E-state index contributed by atoms with van der Waals surface area (Å²) >= 11 is 5.97. The van der Waals surface area contributed by atoms with Crippen molar-refractivity contribution < 1.29 is 22.4 Å². The average Bonchev–Trinajstić information content (AvgIpc) is 3.32. The molecule has 0 radical (unpaired) electrons. The molecule has 0 spiro atoms. The number of sulfonamides is 1. The SMILES string of the molecule is Cc1cc(Cl)ccc1NC(=O)N1CCCC1C(=O)Nc1ccc(-c2ccccc2S(N)(=O)=O)cc1F. The fourth-order valence-corrected chi connectivity index (χ4v) is 5.18. The summed E-state index contributed by atoms with van der Waals surface area (Å²) in [7, 11) is -4.02. The quantitative estimate of drug-likeness (QED) is 0.441. The zero-order valence-corrected chi connectivity index (χ0v) is 20.9. The number of likely N-dealkylation sites (tertiary alicyclic amines) is 1. The average molecular weight is 531 g/mol. The van der Waals surface area contributed by atoms with Crippen molar-refractivity contribution in [2.75, 3.05) is 17.2 Å². The highest BCUT2D eigenvalue weighted by molar-refractivity contribution is 7.89. The number of anilines is 2. The number of aryl methyl sites for hydroxylation is 1. The zero-order valence-electron chi connectivity index (χ0n) is 19.3. The summed E-state index contributed by atoms with van der Waals surface area (Å²) in [4.78, 5) is 27.1. The monoisotopic (exact) mass is 530 g/mol. The number of amides is 3. The fraction of sp³-hybridized carbons (Fsp3) is 0.200. The first-order valence-corrected chi connectivity index (χ1v) is 13.0. The predicted molar refractivity (Wildman–Crippen MR) is 137 cm³/mol. The van der Waals surface area contributed by atoms with Crippen molar-refractivity contribution in [1.29, 1.82) is 0 Å². The van der Waals surface area contributed by atoms with Crippen molar-refractivity contribution in [3.63, 3.8) is 0 Å². The molecule has 36 heavy (non-hydrogen) atoms. The van der Waals surface area contributed by atoms with Crippen LogP contribution < -0.4 is 15.8 Å². The van der Waals surface area contributed by atoms with Gasteiger partial charge in [-0.05, 0) is 67.3 Å². The van der Waals surface area contributed by atoms with Crippen LogP contribution in [-0.2, 0) is 14.8 Å². The number of nitrogens with one attached hydrogen (secondary N) is 2. The Balaban J connectivity index is 1.50. The number of carbonyl (C=O) groups is 2. The highest BCUT2D eigenvalue weighted by atomic mass is 35.5. The van der Waals surface area contributed by atoms with E-state index in [2.05, 4.69) is 10.6 Å². The number of rotatable bonds is 5. The van der Waals surface area contributed by atoms with E-state index in [4.69, 9.17) is 16.7 Å². The first-order valence-electron chi connectivity index (χ1n) is 11.1. The number of nitrogens with two attached hydrogens (primary N) is 1. The van der Waals surface area contributed by atoms with E-state index in [1.807, 2.05) is 6.92 Å². The van der Waals surface area contributed by atoms with Gasteiger partial charge in [0, 0.05) is 22.8 Å². The minimum Gasteiger partial charge on any atom is -0.322 e. The third-order valence-corrected chi connectivity index (χ3v) is 7.18. The van der Waals surface area contributed by atoms with Gasteiger partial charge in [-0.1, -0.05) is 35.9 Å². The number of benzene rings is 3. The lowest BCUT2D eigenvalue weighted by molar-refractivity contribution is -0.119. The Labute approximate surface area is 213 Å². The van der Waals surface area contributed by atoms with Crippen LogP contribution in [0.25, 0.3) is 11.1 Å². The van der Waals surface area contributed by atoms with Gasteiger partial charge in [0.25, 0.3) is 0 Å². The van der Waals surface area contributed by atoms with Crippen LogP contribution in [-0.4, -0.2) is 37.8 Å². The van der Waals surface area contributed by atoms with E-state index in [-0.39, 0.29) is 21.7 Å². The Bertz CT molecular complexity index is 1450. The maximum atomic E-state index is 14.9. The largest absolute Gasteiger partial charge is 0.322 e. The van der Waals surface area contributed by atoms with Gasteiger partial charge >= 0.3 is 6.03 Å². The number of hydrogen-bond acceptors (Lipinski definition) is 4. The molecule has 4 N–H and O–H groups in total. The molecule has 3 aromatic carbocycles. The molecule has 1 atom stereocenters. The van der Waals surface area contributed by atoms with Gasteiger partial charge < -0.3 is 15.5 Å². The third-order valence-electron chi connectivity index (χ3n) is 5.98. The summed E-state index contributed by atoms with van der Waals surface area (Å²) in [5.74, 6) is -1.28. The maximum absolute atomic E-state index is 14.9. The Morgan fingerprint density at radius 2 is 1.78 bits per heavy atom. The Morgan fingerprint density at radius 3 is 2.47 bits per heavy atom. The topological polar surface area (TPSA) is 122 Å².